The minimum Gasteiger partial charge on any atom is -0.377 e. The third-order valence-electron chi connectivity index (χ3n) is 3.88. The van der Waals surface area contributed by atoms with E-state index in [0.29, 0.717) is 0 Å². The molecule has 0 heterocycles. The fourth-order valence-electron chi connectivity index (χ4n) is 2.95. The normalized spacial score (nSPS) is 14.3. The van der Waals surface area contributed by atoms with Gasteiger partial charge in [-0.05, 0) is 57.2 Å². The van der Waals surface area contributed by atoms with Crippen molar-refractivity contribution in [2.45, 2.75) is 66.0 Å². The van der Waals surface area contributed by atoms with E-state index in [0.717, 1.165) is 25.9 Å². The van der Waals surface area contributed by atoms with Crippen LogP contribution in [-0.2, 0) is 11.2 Å². The van der Waals surface area contributed by atoms with E-state index in [2.05, 4.69) is 45.3 Å². The van der Waals surface area contributed by atoms with Crippen molar-refractivity contribution < 1.29 is 4.74 Å². The molecule has 3 nitrogen and oxygen atoms in total. The summed E-state index contributed by atoms with van der Waals surface area (Å²) in [6.45, 7) is 11.5. The molecule has 0 spiro atoms. The van der Waals surface area contributed by atoms with Gasteiger partial charge < -0.3 is 4.74 Å². The highest BCUT2D eigenvalue weighted by Crippen LogP contribution is 2.20. The topological polar surface area (TPSA) is 47.3 Å². The maximum Gasteiger partial charge on any atom is 0.0744 e. The van der Waals surface area contributed by atoms with E-state index in [9.17, 15) is 0 Å². The van der Waals surface area contributed by atoms with Crippen molar-refractivity contribution in [2.75, 3.05) is 6.61 Å². The second-order valence-corrected chi connectivity index (χ2v) is 5.64. The average Bonchev–Trinajstić information content (AvgIpc) is 2.38. The monoisotopic (exact) mass is 278 g/mol. The zero-order chi connectivity index (χ0) is 15.1. The van der Waals surface area contributed by atoms with Crippen LogP contribution in [0.3, 0.4) is 0 Å². The molecule has 0 aliphatic rings. The Hall–Kier alpha value is -0.900. The molecule has 0 fully saturated rings. The largest absolute Gasteiger partial charge is 0.377 e. The van der Waals surface area contributed by atoms with E-state index >= 15 is 0 Å². The maximum atomic E-state index is 5.87. The van der Waals surface area contributed by atoms with Crippen LogP contribution < -0.4 is 11.3 Å². The highest BCUT2D eigenvalue weighted by molar-refractivity contribution is 5.38. The quantitative estimate of drug-likeness (QED) is 0.567. The summed E-state index contributed by atoms with van der Waals surface area (Å²) in [7, 11) is 0. The molecule has 20 heavy (non-hydrogen) atoms. The lowest BCUT2D eigenvalue weighted by Crippen LogP contribution is -2.46. The summed E-state index contributed by atoms with van der Waals surface area (Å²) in [5, 5.41) is 0. The molecule has 3 N–H and O–H groups in total. The molecule has 0 bridgehead atoms. The van der Waals surface area contributed by atoms with Crippen molar-refractivity contribution in [3.8, 4) is 0 Å². The molecule has 1 rings (SSSR count). The van der Waals surface area contributed by atoms with Gasteiger partial charge in [0, 0.05) is 6.61 Å². The van der Waals surface area contributed by atoms with Crippen LogP contribution in [0.2, 0.25) is 0 Å². The van der Waals surface area contributed by atoms with E-state index in [1.54, 1.807) is 0 Å². The van der Waals surface area contributed by atoms with Crippen LogP contribution in [0, 0.1) is 20.8 Å². The number of hydrogen-bond acceptors (Lipinski definition) is 3. The Bertz CT molecular complexity index is 388. The zero-order valence-corrected chi connectivity index (χ0v) is 13.6. The summed E-state index contributed by atoms with van der Waals surface area (Å²) in [5.74, 6) is 5.78. The molecule has 2 unspecified atom stereocenters. The fourth-order valence-corrected chi connectivity index (χ4v) is 2.95. The number of aryl methyl sites for hydroxylation is 3. The number of ether oxygens (including phenoxy) is 1. The summed E-state index contributed by atoms with van der Waals surface area (Å²) in [4.78, 5) is 0. The summed E-state index contributed by atoms with van der Waals surface area (Å²) in [6.07, 6.45) is 3.23. The third kappa shape index (κ3) is 4.58. The molecular weight excluding hydrogens is 248 g/mol. The van der Waals surface area contributed by atoms with Crippen molar-refractivity contribution in [3.63, 3.8) is 0 Å². The molecule has 0 radical (unpaired) electrons. The van der Waals surface area contributed by atoms with Gasteiger partial charge in [-0.3, -0.25) is 11.3 Å². The van der Waals surface area contributed by atoms with Gasteiger partial charge in [-0.25, -0.2) is 0 Å². The highest BCUT2D eigenvalue weighted by Gasteiger charge is 2.21. The minimum atomic E-state index is 0.162. The van der Waals surface area contributed by atoms with Crippen molar-refractivity contribution in [3.05, 3.63) is 34.4 Å². The molecule has 2 atom stereocenters. The molecule has 0 aromatic heterocycles. The van der Waals surface area contributed by atoms with Gasteiger partial charge in [-0.15, -0.1) is 0 Å². The van der Waals surface area contributed by atoms with E-state index in [1.807, 2.05) is 6.92 Å². The molecular formula is C17H30N2O. The Morgan fingerprint density at radius 1 is 1.15 bits per heavy atom. The van der Waals surface area contributed by atoms with Crippen LogP contribution >= 0.6 is 0 Å². The minimum absolute atomic E-state index is 0.162. The van der Waals surface area contributed by atoms with E-state index in [4.69, 9.17) is 10.6 Å². The molecule has 3 heteroatoms. The van der Waals surface area contributed by atoms with Crippen molar-refractivity contribution >= 4 is 0 Å². The van der Waals surface area contributed by atoms with Gasteiger partial charge in [0.2, 0.25) is 0 Å². The number of hydrazine groups is 1. The number of nitrogens with two attached hydrogens (primary N) is 1. The molecule has 1 aromatic carbocycles. The van der Waals surface area contributed by atoms with Crippen molar-refractivity contribution in [1.29, 1.82) is 0 Å². The first kappa shape index (κ1) is 17.2. The van der Waals surface area contributed by atoms with E-state index in [1.165, 1.54) is 22.3 Å². The second kappa shape index (κ2) is 8.40. The molecule has 0 aliphatic carbocycles. The Balaban J connectivity index is 2.92. The van der Waals surface area contributed by atoms with E-state index in [-0.39, 0.29) is 12.1 Å². The van der Waals surface area contributed by atoms with Crippen molar-refractivity contribution in [2.24, 2.45) is 5.84 Å². The predicted octanol–water partition coefficient (Wildman–Crippen LogP) is 3.19. The van der Waals surface area contributed by atoms with Gasteiger partial charge in [0.25, 0.3) is 0 Å². The van der Waals surface area contributed by atoms with E-state index < -0.39 is 0 Å². The Morgan fingerprint density at radius 3 is 2.20 bits per heavy atom. The lowest BCUT2D eigenvalue weighted by Gasteiger charge is -2.27. The first-order valence-electron chi connectivity index (χ1n) is 7.67. The van der Waals surface area contributed by atoms with Crippen LogP contribution in [0.5, 0.6) is 0 Å². The van der Waals surface area contributed by atoms with Crippen molar-refractivity contribution in [1.82, 2.24) is 5.43 Å². The van der Waals surface area contributed by atoms with Crippen LogP contribution in [0.1, 0.15) is 48.9 Å². The molecule has 1 aromatic rings. The van der Waals surface area contributed by atoms with Gasteiger partial charge >= 0.3 is 0 Å². The summed E-state index contributed by atoms with van der Waals surface area (Å²) in [6, 6.07) is 4.65. The summed E-state index contributed by atoms with van der Waals surface area (Å²) >= 11 is 0. The smallest absolute Gasteiger partial charge is 0.0744 e. The molecule has 0 amide bonds. The molecule has 0 saturated carbocycles. The number of hydrogen-bond donors (Lipinski definition) is 2. The third-order valence-corrected chi connectivity index (χ3v) is 3.88. The first-order valence-corrected chi connectivity index (χ1v) is 7.67. The predicted molar refractivity (Wildman–Crippen MR) is 85.8 cm³/mol. The van der Waals surface area contributed by atoms with Crippen LogP contribution in [0.15, 0.2) is 12.1 Å². The average molecular weight is 278 g/mol. The molecule has 0 aliphatic heterocycles. The van der Waals surface area contributed by atoms with Gasteiger partial charge in [0.15, 0.2) is 0 Å². The van der Waals surface area contributed by atoms with Crippen LogP contribution in [0.4, 0.5) is 0 Å². The molecule has 0 saturated heterocycles. The highest BCUT2D eigenvalue weighted by atomic mass is 16.5. The number of rotatable bonds is 8. The Morgan fingerprint density at radius 2 is 1.75 bits per heavy atom. The second-order valence-electron chi connectivity index (χ2n) is 5.64. The van der Waals surface area contributed by atoms with Gasteiger partial charge in [-0.1, -0.05) is 31.0 Å². The number of nitrogens with one attached hydrogen (secondary N) is 1. The zero-order valence-electron chi connectivity index (χ0n) is 13.6. The maximum absolute atomic E-state index is 5.87. The lowest BCUT2D eigenvalue weighted by molar-refractivity contribution is 0.0281. The SMILES string of the molecule is CCCC(OCC)C(Cc1c(C)cc(C)cc1C)NN. The van der Waals surface area contributed by atoms with Gasteiger partial charge in [0.1, 0.15) is 0 Å². The molecule has 114 valence electrons. The van der Waals surface area contributed by atoms with Gasteiger partial charge in [-0.2, -0.15) is 0 Å². The standard InChI is InChI=1S/C17H30N2O/c1-6-8-17(20-7-2)16(19-18)11-15-13(4)9-12(3)10-14(15)5/h9-10,16-17,19H,6-8,11,18H2,1-5H3. The van der Waals surface area contributed by atoms with Gasteiger partial charge in [0.05, 0.1) is 12.1 Å². The van der Waals surface area contributed by atoms with Crippen LogP contribution in [0.25, 0.3) is 0 Å². The van der Waals surface area contributed by atoms with Crippen LogP contribution in [-0.4, -0.2) is 18.8 Å². The first-order chi connectivity index (χ1) is 9.53. The Kier molecular flexibility index (Phi) is 7.20. The summed E-state index contributed by atoms with van der Waals surface area (Å²) < 4.78 is 5.87. The number of benzene rings is 1. The Labute approximate surface area is 123 Å². The summed E-state index contributed by atoms with van der Waals surface area (Å²) in [5.41, 5.74) is 8.35. The lowest BCUT2D eigenvalue weighted by atomic mass is 9.91. The fraction of sp³-hybridized carbons (Fsp3) is 0.647.